The molecule has 1 atom stereocenters. The molecule has 32 heavy (non-hydrogen) atoms. The molecule has 0 bridgehead atoms. The van der Waals surface area contributed by atoms with Crippen molar-refractivity contribution in [3.8, 4) is 0 Å². The molecule has 10 heteroatoms. The largest absolute Gasteiger partial charge is 0.383 e. The SMILES string of the molecule is Cc1noc(N(COCC[Si](C)(C)C)S(=O)(=O)c2ccsc2C(O)c2ccccc2)c1C. The van der Waals surface area contributed by atoms with Gasteiger partial charge in [-0.05, 0) is 36.9 Å². The first-order valence-electron chi connectivity index (χ1n) is 10.4. The monoisotopic (exact) mass is 494 g/mol. The minimum atomic E-state index is -4.08. The first-order chi connectivity index (χ1) is 15.0. The highest BCUT2D eigenvalue weighted by molar-refractivity contribution is 7.93. The highest BCUT2D eigenvalue weighted by atomic mass is 32.2. The van der Waals surface area contributed by atoms with Crippen molar-refractivity contribution in [1.29, 1.82) is 0 Å². The van der Waals surface area contributed by atoms with Crippen LogP contribution in [0.1, 0.15) is 27.8 Å². The zero-order valence-corrected chi connectivity index (χ0v) is 21.7. The van der Waals surface area contributed by atoms with E-state index in [-0.39, 0.29) is 17.5 Å². The Balaban J connectivity index is 1.96. The lowest BCUT2D eigenvalue weighted by Crippen LogP contribution is -2.35. The number of ether oxygens (including phenoxy) is 1. The molecule has 2 heterocycles. The molecular weight excluding hydrogens is 464 g/mol. The van der Waals surface area contributed by atoms with Crippen molar-refractivity contribution in [2.24, 2.45) is 0 Å². The standard InChI is InChI=1S/C22H30N2O5S2Si/c1-16-17(2)23-29-22(16)24(15-28-12-14-32(3,4)5)31(26,27)19-11-13-30-21(19)20(25)18-9-7-6-8-10-18/h6-11,13,20,25H,12,14-15H2,1-5H3. The van der Waals surface area contributed by atoms with Gasteiger partial charge in [-0.3, -0.25) is 0 Å². The van der Waals surface area contributed by atoms with Crippen LogP contribution in [0.2, 0.25) is 25.7 Å². The van der Waals surface area contributed by atoms with Crippen LogP contribution in [-0.4, -0.2) is 40.1 Å². The van der Waals surface area contributed by atoms with Gasteiger partial charge in [0.1, 0.15) is 17.7 Å². The molecule has 1 unspecified atom stereocenters. The van der Waals surface area contributed by atoms with Gasteiger partial charge in [-0.2, -0.15) is 0 Å². The summed E-state index contributed by atoms with van der Waals surface area (Å²) in [5.41, 5.74) is 1.86. The van der Waals surface area contributed by atoms with Crippen LogP contribution in [0.5, 0.6) is 0 Å². The van der Waals surface area contributed by atoms with E-state index in [1.54, 1.807) is 43.5 Å². The Labute approximate surface area is 194 Å². The van der Waals surface area contributed by atoms with Gasteiger partial charge in [0.05, 0.1) is 10.6 Å². The molecule has 174 valence electrons. The third-order valence-electron chi connectivity index (χ3n) is 5.15. The van der Waals surface area contributed by atoms with Crippen molar-refractivity contribution in [2.75, 3.05) is 17.6 Å². The van der Waals surface area contributed by atoms with Gasteiger partial charge in [0.25, 0.3) is 10.0 Å². The van der Waals surface area contributed by atoms with Crippen LogP contribution >= 0.6 is 11.3 Å². The Hall–Kier alpha value is -1.98. The smallest absolute Gasteiger partial charge is 0.269 e. The van der Waals surface area contributed by atoms with E-state index in [2.05, 4.69) is 24.8 Å². The van der Waals surface area contributed by atoms with Gasteiger partial charge in [0.15, 0.2) is 0 Å². The van der Waals surface area contributed by atoms with Crippen molar-refractivity contribution in [2.45, 2.75) is 50.5 Å². The van der Waals surface area contributed by atoms with E-state index in [0.29, 0.717) is 28.3 Å². The fourth-order valence-corrected chi connectivity index (χ4v) is 6.57. The van der Waals surface area contributed by atoms with Crippen LogP contribution < -0.4 is 4.31 Å². The highest BCUT2D eigenvalue weighted by Gasteiger charge is 2.34. The Morgan fingerprint density at radius 1 is 1.19 bits per heavy atom. The van der Waals surface area contributed by atoms with Gasteiger partial charge in [0.2, 0.25) is 5.88 Å². The fraction of sp³-hybridized carbons (Fsp3) is 0.409. The number of hydrogen-bond acceptors (Lipinski definition) is 7. The Morgan fingerprint density at radius 3 is 2.47 bits per heavy atom. The minimum absolute atomic E-state index is 0.0288. The lowest BCUT2D eigenvalue weighted by Gasteiger charge is -2.24. The van der Waals surface area contributed by atoms with Gasteiger partial charge >= 0.3 is 0 Å². The summed E-state index contributed by atoms with van der Waals surface area (Å²) in [5.74, 6) is 0.127. The summed E-state index contributed by atoms with van der Waals surface area (Å²) in [7, 11) is -5.42. The number of hydrogen-bond donors (Lipinski definition) is 1. The maximum Gasteiger partial charge on any atom is 0.269 e. The minimum Gasteiger partial charge on any atom is -0.383 e. The van der Waals surface area contributed by atoms with Crippen molar-refractivity contribution in [3.05, 3.63) is 63.5 Å². The quantitative estimate of drug-likeness (QED) is 0.244. The summed E-state index contributed by atoms with van der Waals surface area (Å²) in [5, 5.41) is 16.5. The van der Waals surface area contributed by atoms with Crippen LogP contribution in [0.3, 0.4) is 0 Å². The van der Waals surface area contributed by atoms with E-state index in [1.165, 1.54) is 17.4 Å². The maximum atomic E-state index is 13.8. The van der Waals surface area contributed by atoms with Gasteiger partial charge in [-0.1, -0.05) is 55.1 Å². The third kappa shape index (κ3) is 5.49. The number of anilines is 1. The normalized spacial score (nSPS) is 13.3. The van der Waals surface area contributed by atoms with Crippen molar-refractivity contribution in [1.82, 2.24) is 5.16 Å². The zero-order chi connectivity index (χ0) is 23.5. The van der Waals surface area contributed by atoms with E-state index in [4.69, 9.17) is 9.26 Å². The number of thiophene rings is 1. The van der Waals surface area contributed by atoms with E-state index < -0.39 is 24.2 Å². The molecule has 0 saturated carbocycles. The molecule has 0 spiro atoms. The Morgan fingerprint density at radius 2 is 1.88 bits per heavy atom. The van der Waals surface area contributed by atoms with Gasteiger partial charge in [0, 0.05) is 20.2 Å². The maximum absolute atomic E-state index is 13.8. The van der Waals surface area contributed by atoms with Crippen molar-refractivity contribution >= 4 is 35.3 Å². The molecule has 0 aliphatic heterocycles. The van der Waals surface area contributed by atoms with Crippen LogP contribution in [0.4, 0.5) is 5.88 Å². The molecular formula is C22H30N2O5S2Si. The average molecular weight is 495 g/mol. The van der Waals surface area contributed by atoms with Gasteiger partial charge in [-0.25, -0.2) is 12.7 Å². The third-order valence-corrected chi connectivity index (χ3v) is 9.72. The second kappa shape index (κ2) is 9.88. The van der Waals surface area contributed by atoms with E-state index in [9.17, 15) is 13.5 Å². The number of rotatable bonds is 10. The lowest BCUT2D eigenvalue weighted by molar-refractivity contribution is 0.153. The topological polar surface area (TPSA) is 92.9 Å². The summed E-state index contributed by atoms with van der Waals surface area (Å²) in [6.07, 6.45) is -1.06. The Kier molecular flexibility index (Phi) is 7.61. The van der Waals surface area contributed by atoms with E-state index >= 15 is 0 Å². The van der Waals surface area contributed by atoms with Crippen LogP contribution in [0.25, 0.3) is 0 Å². The second-order valence-electron chi connectivity index (χ2n) is 8.86. The van der Waals surface area contributed by atoms with Gasteiger partial charge < -0.3 is 14.4 Å². The molecule has 0 radical (unpaired) electrons. The van der Waals surface area contributed by atoms with Crippen LogP contribution in [0.15, 0.2) is 51.2 Å². The molecule has 0 fully saturated rings. The second-order valence-corrected chi connectivity index (χ2v) is 17.3. The van der Waals surface area contributed by atoms with E-state index in [1.807, 2.05) is 6.07 Å². The number of aliphatic hydroxyl groups excluding tert-OH is 1. The number of benzene rings is 1. The molecule has 3 rings (SSSR count). The number of aryl methyl sites for hydroxylation is 1. The summed E-state index contributed by atoms with van der Waals surface area (Å²) in [4.78, 5) is 0.373. The summed E-state index contributed by atoms with van der Waals surface area (Å²) in [6, 6.07) is 11.4. The molecule has 1 N–H and O–H groups in total. The molecule has 0 saturated heterocycles. The lowest BCUT2D eigenvalue weighted by atomic mass is 10.1. The summed E-state index contributed by atoms with van der Waals surface area (Å²) >= 11 is 1.20. The van der Waals surface area contributed by atoms with Gasteiger partial charge in [-0.15, -0.1) is 11.3 Å². The molecule has 2 aromatic heterocycles. The van der Waals surface area contributed by atoms with Crippen LogP contribution in [0, 0.1) is 13.8 Å². The Bertz CT molecular complexity index is 1140. The fourth-order valence-electron chi connectivity index (χ4n) is 3.03. The molecule has 0 aliphatic rings. The first kappa shape index (κ1) is 24.7. The number of aliphatic hydroxyl groups is 1. The predicted octanol–water partition coefficient (Wildman–Crippen LogP) is 4.94. The predicted molar refractivity (Wildman–Crippen MR) is 129 cm³/mol. The molecule has 3 aromatic rings. The molecule has 0 aliphatic carbocycles. The zero-order valence-electron chi connectivity index (χ0n) is 19.0. The average Bonchev–Trinajstić information content (AvgIpc) is 3.36. The summed E-state index contributed by atoms with van der Waals surface area (Å²) < 4.78 is 39.8. The molecule has 7 nitrogen and oxygen atoms in total. The van der Waals surface area contributed by atoms with Crippen molar-refractivity contribution < 1.29 is 22.8 Å². The highest BCUT2D eigenvalue weighted by Crippen LogP contribution is 2.36. The number of aromatic nitrogens is 1. The van der Waals surface area contributed by atoms with Crippen LogP contribution in [-0.2, 0) is 14.8 Å². The molecule has 0 amide bonds. The number of sulfonamides is 1. The number of nitrogens with zero attached hydrogens (tertiary/aromatic N) is 2. The van der Waals surface area contributed by atoms with E-state index in [0.717, 1.165) is 10.3 Å². The summed E-state index contributed by atoms with van der Waals surface area (Å²) in [6.45, 7) is 10.5. The molecule has 1 aromatic carbocycles. The van der Waals surface area contributed by atoms with Crippen molar-refractivity contribution in [3.63, 3.8) is 0 Å². The first-order valence-corrected chi connectivity index (χ1v) is 16.4.